The molecule has 0 radical (unpaired) electrons. The topological polar surface area (TPSA) is 102 Å². The number of halogens is 1. The molecule has 8 nitrogen and oxygen atoms in total. The minimum Gasteiger partial charge on any atom is -0.490 e. The predicted octanol–water partition coefficient (Wildman–Crippen LogP) is 4.88. The van der Waals surface area contributed by atoms with Crippen LogP contribution in [0.4, 0.5) is 10.5 Å². The smallest absolute Gasteiger partial charge is 0.343 e. The summed E-state index contributed by atoms with van der Waals surface area (Å²) in [4.78, 5) is 51.5. The molecule has 3 aromatic rings. The first kappa shape index (κ1) is 25.1. The molecule has 0 saturated carbocycles. The van der Waals surface area contributed by atoms with E-state index in [0.29, 0.717) is 23.4 Å². The molecule has 0 unspecified atom stereocenters. The second kappa shape index (κ2) is 10.7. The summed E-state index contributed by atoms with van der Waals surface area (Å²) in [5.74, 6) is -1.64. The molecule has 182 valence electrons. The van der Waals surface area contributed by atoms with Gasteiger partial charge in [0.1, 0.15) is 5.57 Å². The zero-order chi connectivity index (χ0) is 25.8. The quantitative estimate of drug-likeness (QED) is 0.143. The number of nitrogens with one attached hydrogen (secondary N) is 1. The summed E-state index contributed by atoms with van der Waals surface area (Å²) in [5, 5.41) is 2.20. The Bertz CT molecular complexity index is 1400. The molecule has 4 amide bonds. The van der Waals surface area contributed by atoms with Crippen LogP contribution in [0.2, 0.25) is 0 Å². The van der Waals surface area contributed by atoms with Crippen molar-refractivity contribution in [1.29, 1.82) is 0 Å². The van der Waals surface area contributed by atoms with Crippen molar-refractivity contribution in [3.63, 3.8) is 0 Å². The first-order chi connectivity index (χ1) is 17.3. The molecule has 0 atom stereocenters. The normalized spacial score (nSPS) is 14.6. The summed E-state index contributed by atoms with van der Waals surface area (Å²) in [5.41, 5.74) is 1.88. The lowest BCUT2D eigenvalue weighted by molar-refractivity contribution is -0.122. The van der Waals surface area contributed by atoms with E-state index in [9.17, 15) is 19.2 Å². The summed E-state index contributed by atoms with van der Waals surface area (Å²) in [7, 11) is 0. The molecule has 1 aliphatic rings. The standard InChI is InChI=1S/C27H21IN2O6/c1-3-35-23-15-17(7-12-22(23)36-26(33)18-6-4-5-16(2)13-18)14-21-24(31)29-27(34)30(25(21)32)20-10-8-19(28)9-11-20/h4-15H,3H2,1-2H3,(H,29,31,34)/b21-14+. The molecule has 0 aromatic heterocycles. The molecular formula is C27H21IN2O6. The Balaban J connectivity index is 1.64. The van der Waals surface area contributed by atoms with Gasteiger partial charge in [-0.15, -0.1) is 0 Å². The Kier molecular flexibility index (Phi) is 7.49. The molecule has 0 aliphatic carbocycles. The third-order valence-corrected chi connectivity index (χ3v) is 5.94. The first-order valence-electron chi connectivity index (χ1n) is 11.0. The van der Waals surface area contributed by atoms with Crippen molar-refractivity contribution in [3.8, 4) is 11.5 Å². The predicted molar refractivity (Wildman–Crippen MR) is 142 cm³/mol. The third kappa shape index (κ3) is 5.46. The number of aryl methyl sites for hydroxylation is 1. The Morgan fingerprint density at radius 1 is 1.00 bits per heavy atom. The number of amides is 4. The Labute approximate surface area is 221 Å². The van der Waals surface area contributed by atoms with E-state index in [1.807, 2.05) is 13.0 Å². The van der Waals surface area contributed by atoms with Crippen LogP contribution in [0, 0.1) is 10.5 Å². The molecule has 1 aliphatic heterocycles. The molecule has 1 fully saturated rings. The van der Waals surface area contributed by atoms with Gasteiger partial charge in [-0.3, -0.25) is 14.9 Å². The monoisotopic (exact) mass is 596 g/mol. The van der Waals surface area contributed by atoms with Crippen LogP contribution in [-0.2, 0) is 9.59 Å². The van der Waals surface area contributed by atoms with Crippen LogP contribution in [0.25, 0.3) is 6.08 Å². The van der Waals surface area contributed by atoms with Crippen LogP contribution >= 0.6 is 22.6 Å². The molecule has 0 spiro atoms. The molecule has 1 heterocycles. The molecule has 3 aromatic carbocycles. The molecular weight excluding hydrogens is 575 g/mol. The summed E-state index contributed by atoms with van der Waals surface area (Å²) in [6.07, 6.45) is 1.36. The minimum absolute atomic E-state index is 0.195. The van der Waals surface area contributed by atoms with Crippen molar-refractivity contribution >= 4 is 58.2 Å². The van der Waals surface area contributed by atoms with E-state index < -0.39 is 23.8 Å². The van der Waals surface area contributed by atoms with Crippen LogP contribution in [0.3, 0.4) is 0 Å². The number of ether oxygens (including phenoxy) is 2. The highest BCUT2D eigenvalue weighted by Crippen LogP contribution is 2.31. The summed E-state index contributed by atoms with van der Waals surface area (Å²) in [6, 6.07) is 17.6. The zero-order valence-electron chi connectivity index (χ0n) is 19.4. The van der Waals surface area contributed by atoms with E-state index >= 15 is 0 Å². The molecule has 9 heteroatoms. The van der Waals surface area contributed by atoms with Gasteiger partial charge in [-0.05, 0) is 96.6 Å². The van der Waals surface area contributed by atoms with Crippen LogP contribution in [0.1, 0.15) is 28.4 Å². The minimum atomic E-state index is -0.822. The van der Waals surface area contributed by atoms with E-state index in [1.165, 1.54) is 12.1 Å². The van der Waals surface area contributed by atoms with Crippen molar-refractivity contribution in [2.75, 3.05) is 11.5 Å². The fourth-order valence-corrected chi connectivity index (χ4v) is 3.91. The summed E-state index contributed by atoms with van der Waals surface area (Å²) in [6.45, 7) is 3.95. The highest BCUT2D eigenvalue weighted by molar-refractivity contribution is 14.1. The molecule has 1 N–H and O–H groups in total. The molecule has 4 rings (SSSR count). The number of nitrogens with zero attached hydrogens (tertiary/aromatic N) is 1. The zero-order valence-corrected chi connectivity index (χ0v) is 21.6. The van der Waals surface area contributed by atoms with Crippen LogP contribution in [-0.4, -0.2) is 30.4 Å². The van der Waals surface area contributed by atoms with Gasteiger partial charge in [0, 0.05) is 3.57 Å². The Morgan fingerprint density at radius 3 is 2.44 bits per heavy atom. The van der Waals surface area contributed by atoms with Gasteiger partial charge in [0.25, 0.3) is 11.8 Å². The van der Waals surface area contributed by atoms with Gasteiger partial charge in [0.05, 0.1) is 17.9 Å². The van der Waals surface area contributed by atoms with E-state index in [4.69, 9.17) is 9.47 Å². The van der Waals surface area contributed by atoms with Crippen LogP contribution in [0.5, 0.6) is 11.5 Å². The fraction of sp³-hybridized carbons (Fsp3) is 0.111. The largest absolute Gasteiger partial charge is 0.490 e. The number of hydrogen-bond donors (Lipinski definition) is 1. The van der Waals surface area contributed by atoms with E-state index in [2.05, 4.69) is 27.9 Å². The first-order valence-corrected chi connectivity index (χ1v) is 12.1. The number of anilines is 1. The lowest BCUT2D eigenvalue weighted by Gasteiger charge is -2.26. The maximum absolute atomic E-state index is 13.1. The lowest BCUT2D eigenvalue weighted by atomic mass is 10.1. The third-order valence-electron chi connectivity index (χ3n) is 5.22. The highest BCUT2D eigenvalue weighted by atomic mass is 127. The highest BCUT2D eigenvalue weighted by Gasteiger charge is 2.36. The Morgan fingerprint density at radius 2 is 1.75 bits per heavy atom. The van der Waals surface area contributed by atoms with Gasteiger partial charge in [0.15, 0.2) is 11.5 Å². The average molecular weight is 596 g/mol. The van der Waals surface area contributed by atoms with Crippen LogP contribution in [0.15, 0.2) is 72.3 Å². The van der Waals surface area contributed by atoms with Gasteiger partial charge < -0.3 is 9.47 Å². The number of urea groups is 1. The Hall–Kier alpha value is -3.99. The van der Waals surface area contributed by atoms with E-state index in [-0.39, 0.29) is 17.1 Å². The van der Waals surface area contributed by atoms with Gasteiger partial charge in [-0.25, -0.2) is 14.5 Å². The summed E-state index contributed by atoms with van der Waals surface area (Å²) >= 11 is 2.11. The SMILES string of the molecule is CCOc1cc(/C=C2\C(=O)NC(=O)N(c3ccc(I)cc3)C2=O)ccc1OC(=O)c1cccc(C)c1. The van der Waals surface area contributed by atoms with Crippen molar-refractivity contribution in [2.24, 2.45) is 0 Å². The van der Waals surface area contributed by atoms with E-state index in [0.717, 1.165) is 14.0 Å². The fourth-order valence-electron chi connectivity index (χ4n) is 3.55. The summed E-state index contributed by atoms with van der Waals surface area (Å²) < 4.78 is 12.1. The van der Waals surface area contributed by atoms with Gasteiger partial charge in [-0.2, -0.15) is 0 Å². The number of carbonyl (C=O) groups excluding carboxylic acids is 4. The average Bonchev–Trinajstić information content (AvgIpc) is 2.84. The van der Waals surface area contributed by atoms with Crippen molar-refractivity contribution in [1.82, 2.24) is 5.32 Å². The van der Waals surface area contributed by atoms with Crippen molar-refractivity contribution < 1.29 is 28.7 Å². The van der Waals surface area contributed by atoms with Crippen molar-refractivity contribution in [2.45, 2.75) is 13.8 Å². The number of hydrogen-bond acceptors (Lipinski definition) is 6. The molecule has 1 saturated heterocycles. The molecule has 0 bridgehead atoms. The number of carbonyl (C=O) groups is 4. The number of barbiturate groups is 1. The van der Waals surface area contributed by atoms with Gasteiger partial charge >= 0.3 is 12.0 Å². The lowest BCUT2D eigenvalue weighted by Crippen LogP contribution is -2.54. The van der Waals surface area contributed by atoms with Gasteiger partial charge in [0.2, 0.25) is 0 Å². The van der Waals surface area contributed by atoms with Crippen LogP contribution < -0.4 is 19.7 Å². The maximum Gasteiger partial charge on any atom is 0.343 e. The number of esters is 1. The van der Waals surface area contributed by atoms with Crippen molar-refractivity contribution in [3.05, 3.63) is 92.6 Å². The second-order valence-electron chi connectivity index (χ2n) is 7.83. The van der Waals surface area contributed by atoms with Gasteiger partial charge in [-0.1, -0.05) is 23.8 Å². The second-order valence-corrected chi connectivity index (χ2v) is 9.08. The number of benzene rings is 3. The molecule has 36 heavy (non-hydrogen) atoms. The number of rotatable bonds is 6. The maximum atomic E-state index is 13.1. The van der Waals surface area contributed by atoms with E-state index in [1.54, 1.807) is 61.5 Å². The number of imide groups is 2.